The van der Waals surface area contributed by atoms with Gasteiger partial charge in [-0.2, -0.15) is 16.7 Å². The fourth-order valence-corrected chi connectivity index (χ4v) is 2.91. The molecule has 1 aromatic heterocycles. The van der Waals surface area contributed by atoms with E-state index < -0.39 is 0 Å². The Labute approximate surface area is 130 Å². The first-order valence-corrected chi connectivity index (χ1v) is 8.44. The van der Waals surface area contributed by atoms with Crippen LogP contribution < -0.4 is 5.73 Å². The second-order valence-corrected chi connectivity index (χ2v) is 6.82. The number of nitrogens with two attached hydrogens (primary N) is 1. The van der Waals surface area contributed by atoms with E-state index >= 15 is 0 Å². The van der Waals surface area contributed by atoms with Crippen molar-refractivity contribution in [3.63, 3.8) is 0 Å². The Morgan fingerprint density at radius 3 is 2.57 bits per heavy atom. The van der Waals surface area contributed by atoms with Crippen molar-refractivity contribution in [2.75, 3.05) is 11.5 Å². The lowest BCUT2D eigenvalue weighted by Crippen LogP contribution is -1.99. The van der Waals surface area contributed by atoms with E-state index in [9.17, 15) is 0 Å². The van der Waals surface area contributed by atoms with Crippen molar-refractivity contribution in [2.45, 2.75) is 38.9 Å². The standard InChI is InChI=1S/C16H23N3OS/c1-11(2)9-21-10-15-18-16(20-19-15)8-12(3)13-4-6-14(17)7-5-13/h4-7,11-12H,8-10,17H2,1-3H3. The van der Waals surface area contributed by atoms with Crippen LogP contribution in [0.25, 0.3) is 0 Å². The maximum atomic E-state index is 5.71. The van der Waals surface area contributed by atoms with E-state index in [1.165, 1.54) is 5.56 Å². The monoisotopic (exact) mass is 305 g/mol. The number of hydrogen-bond acceptors (Lipinski definition) is 5. The molecule has 0 saturated carbocycles. The number of anilines is 1. The van der Waals surface area contributed by atoms with Gasteiger partial charge in [0.1, 0.15) is 0 Å². The van der Waals surface area contributed by atoms with Gasteiger partial charge in [0.05, 0.1) is 5.75 Å². The summed E-state index contributed by atoms with van der Waals surface area (Å²) in [5.74, 6) is 4.46. The smallest absolute Gasteiger partial charge is 0.227 e. The van der Waals surface area contributed by atoms with E-state index in [2.05, 4.69) is 43.0 Å². The zero-order valence-corrected chi connectivity index (χ0v) is 13.7. The first kappa shape index (κ1) is 15.9. The molecule has 1 heterocycles. The average molecular weight is 305 g/mol. The van der Waals surface area contributed by atoms with Gasteiger partial charge in [0.15, 0.2) is 5.82 Å². The van der Waals surface area contributed by atoms with Crippen LogP contribution in [0.2, 0.25) is 0 Å². The third kappa shape index (κ3) is 5.08. The van der Waals surface area contributed by atoms with E-state index in [4.69, 9.17) is 10.3 Å². The van der Waals surface area contributed by atoms with Crippen LogP contribution in [0.1, 0.15) is 44.0 Å². The number of aromatic nitrogens is 2. The molecule has 1 aromatic carbocycles. The highest BCUT2D eigenvalue weighted by Crippen LogP contribution is 2.21. The lowest BCUT2D eigenvalue weighted by Gasteiger charge is -2.09. The van der Waals surface area contributed by atoms with Crippen LogP contribution in [0.5, 0.6) is 0 Å². The zero-order valence-electron chi connectivity index (χ0n) is 12.9. The Kier molecular flexibility index (Phi) is 5.67. The summed E-state index contributed by atoms with van der Waals surface area (Å²) in [5, 5.41) is 4.05. The van der Waals surface area contributed by atoms with Crippen LogP contribution in [0.15, 0.2) is 28.8 Å². The Morgan fingerprint density at radius 2 is 1.90 bits per heavy atom. The number of thioether (sulfide) groups is 1. The van der Waals surface area contributed by atoms with Gasteiger partial charge in [-0.05, 0) is 35.3 Å². The molecule has 114 valence electrons. The molecular weight excluding hydrogens is 282 g/mol. The van der Waals surface area contributed by atoms with Crippen LogP contribution >= 0.6 is 11.8 Å². The Bertz CT molecular complexity index is 551. The predicted octanol–water partition coefficient (Wildman–Crippen LogP) is 3.89. The van der Waals surface area contributed by atoms with Crippen molar-refractivity contribution in [2.24, 2.45) is 5.92 Å². The minimum atomic E-state index is 0.335. The maximum absolute atomic E-state index is 5.71. The lowest BCUT2D eigenvalue weighted by molar-refractivity contribution is 0.368. The number of rotatable bonds is 7. The van der Waals surface area contributed by atoms with Gasteiger partial charge in [-0.3, -0.25) is 0 Å². The van der Waals surface area contributed by atoms with Gasteiger partial charge in [-0.1, -0.05) is 38.1 Å². The van der Waals surface area contributed by atoms with E-state index in [-0.39, 0.29) is 0 Å². The SMILES string of the molecule is CC(C)CSCc1noc(CC(C)c2ccc(N)cc2)n1. The molecule has 2 rings (SSSR count). The Balaban J connectivity index is 1.88. The summed E-state index contributed by atoms with van der Waals surface area (Å²) in [6.07, 6.45) is 0.756. The summed E-state index contributed by atoms with van der Waals surface area (Å²) in [7, 11) is 0. The molecule has 0 amide bonds. The van der Waals surface area contributed by atoms with Crippen molar-refractivity contribution in [1.29, 1.82) is 0 Å². The lowest BCUT2D eigenvalue weighted by atomic mass is 9.98. The summed E-state index contributed by atoms with van der Waals surface area (Å²) in [6.45, 7) is 6.58. The van der Waals surface area contributed by atoms with Crippen LogP contribution in [-0.4, -0.2) is 15.9 Å². The Morgan fingerprint density at radius 1 is 1.19 bits per heavy atom. The Hall–Kier alpha value is -1.49. The van der Waals surface area contributed by atoms with Crippen LogP contribution in [0, 0.1) is 5.92 Å². The van der Waals surface area contributed by atoms with Crippen molar-refractivity contribution in [3.8, 4) is 0 Å². The summed E-state index contributed by atoms with van der Waals surface area (Å²) < 4.78 is 5.34. The van der Waals surface area contributed by atoms with Gasteiger partial charge in [-0.25, -0.2) is 0 Å². The molecule has 0 saturated heterocycles. The number of nitrogen functional groups attached to an aromatic ring is 1. The minimum absolute atomic E-state index is 0.335. The molecule has 2 N–H and O–H groups in total. The van der Waals surface area contributed by atoms with Crippen molar-refractivity contribution in [1.82, 2.24) is 10.1 Å². The second-order valence-electron chi connectivity index (χ2n) is 5.79. The van der Waals surface area contributed by atoms with E-state index in [1.807, 2.05) is 23.9 Å². The first-order valence-electron chi connectivity index (χ1n) is 7.29. The number of nitrogens with zero attached hydrogens (tertiary/aromatic N) is 2. The summed E-state index contributed by atoms with van der Waals surface area (Å²) in [6, 6.07) is 7.95. The minimum Gasteiger partial charge on any atom is -0.399 e. The molecule has 4 nitrogen and oxygen atoms in total. The number of benzene rings is 1. The van der Waals surface area contributed by atoms with Crippen LogP contribution in [0.3, 0.4) is 0 Å². The van der Waals surface area contributed by atoms with Gasteiger partial charge in [0.2, 0.25) is 5.89 Å². The van der Waals surface area contributed by atoms with E-state index in [0.717, 1.165) is 29.4 Å². The van der Waals surface area contributed by atoms with Gasteiger partial charge in [0.25, 0.3) is 0 Å². The number of hydrogen-bond donors (Lipinski definition) is 1. The molecule has 0 aliphatic heterocycles. The molecule has 0 bridgehead atoms. The van der Waals surface area contributed by atoms with Gasteiger partial charge in [-0.15, -0.1) is 0 Å². The fourth-order valence-electron chi connectivity index (χ4n) is 2.02. The van der Waals surface area contributed by atoms with E-state index in [0.29, 0.717) is 17.7 Å². The fraction of sp³-hybridized carbons (Fsp3) is 0.500. The topological polar surface area (TPSA) is 64.9 Å². The highest BCUT2D eigenvalue weighted by atomic mass is 32.2. The zero-order chi connectivity index (χ0) is 15.2. The van der Waals surface area contributed by atoms with Gasteiger partial charge in [0, 0.05) is 12.1 Å². The van der Waals surface area contributed by atoms with Crippen LogP contribution in [-0.2, 0) is 12.2 Å². The molecule has 5 heteroatoms. The van der Waals surface area contributed by atoms with Crippen molar-refractivity contribution in [3.05, 3.63) is 41.5 Å². The van der Waals surface area contributed by atoms with Crippen LogP contribution in [0.4, 0.5) is 5.69 Å². The second kappa shape index (κ2) is 7.50. The first-order chi connectivity index (χ1) is 10.0. The summed E-state index contributed by atoms with van der Waals surface area (Å²) in [4.78, 5) is 4.47. The highest BCUT2D eigenvalue weighted by Gasteiger charge is 2.12. The molecule has 0 spiro atoms. The molecule has 0 fully saturated rings. The maximum Gasteiger partial charge on any atom is 0.227 e. The molecule has 1 unspecified atom stereocenters. The molecule has 0 aliphatic rings. The highest BCUT2D eigenvalue weighted by molar-refractivity contribution is 7.98. The summed E-state index contributed by atoms with van der Waals surface area (Å²) in [5.41, 5.74) is 7.73. The largest absolute Gasteiger partial charge is 0.399 e. The normalized spacial score (nSPS) is 12.8. The molecule has 21 heavy (non-hydrogen) atoms. The molecule has 0 radical (unpaired) electrons. The van der Waals surface area contributed by atoms with Crippen molar-refractivity contribution < 1.29 is 4.52 Å². The van der Waals surface area contributed by atoms with E-state index in [1.54, 1.807) is 0 Å². The van der Waals surface area contributed by atoms with Crippen molar-refractivity contribution >= 4 is 17.4 Å². The van der Waals surface area contributed by atoms with Gasteiger partial charge < -0.3 is 10.3 Å². The van der Waals surface area contributed by atoms with Gasteiger partial charge >= 0.3 is 0 Å². The molecule has 0 aliphatic carbocycles. The molecule has 1 atom stereocenters. The summed E-state index contributed by atoms with van der Waals surface area (Å²) >= 11 is 1.85. The quantitative estimate of drug-likeness (QED) is 0.786. The third-order valence-electron chi connectivity index (χ3n) is 3.18. The molecule has 2 aromatic rings. The molecular formula is C16H23N3OS. The average Bonchev–Trinajstić information content (AvgIpc) is 2.86. The third-order valence-corrected chi connectivity index (χ3v) is 4.54. The predicted molar refractivity (Wildman–Crippen MR) is 88.3 cm³/mol.